The number of carbonyl (C=O) groups excluding carboxylic acids is 1. The predicted octanol–water partition coefficient (Wildman–Crippen LogP) is 1.98. The van der Waals surface area contributed by atoms with Crippen LogP contribution in [-0.2, 0) is 4.74 Å². The lowest BCUT2D eigenvalue weighted by atomic mass is 10.0. The second-order valence-electron chi connectivity index (χ2n) is 3.81. The summed E-state index contributed by atoms with van der Waals surface area (Å²) in [5.74, 6) is 1.69. The van der Waals surface area contributed by atoms with Crippen LogP contribution in [0.25, 0.3) is 0 Å². The number of methoxy groups -OCH3 is 1. The predicted molar refractivity (Wildman–Crippen MR) is 58.2 cm³/mol. The van der Waals surface area contributed by atoms with Crippen LogP contribution in [0, 0.1) is 0 Å². The van der Waals surface area contributed by atoms with E-state index in [9.17, 15) is 4.79 Å². The van der Waals surface area contributed by atoms with Crippen LogP contribution in [0.4, 0.5) is 0 Å². The first-order valence-electron chi connectivity index (χ1n) is 5.14. The summed E-state index contributed by atoms with van der Waals surface area (Å²) in [6, 6.07) is 3.46. The number of carbonyl (C=O) groups is 1. The van der Waals surface area contributed by atoms with Crippen molar-refractivity contribution in [3.63, 3.8) is 0 Å². The first kappa shape index (κ1) is 11.0. The van der Waals surface area contributed by atoms with Crippen molar-refractivity contribution in [1.29, 1.82) is 0 Å². The molecule has 1 heterocycles. The Bertz CT molecular complexity index is 400. The van der Waals surface area contributed by atoms with Crippen LogP contribution in [0.3, 0.4) is 0 Å². The van der Waals surface area contributed by atoms with Crippen LogP contribution in [0.15, 0.2) is 12.1 Å². The molecule has 0 N–H and O–H groups in total. The van der Waals surface area contributed by atoms with Gasteiger partial charge in [0.2, 0.25) is 0 Å². The van der Waals surface area contributed by atoms with Gasteiger partial charge in [0.15, 0.2) is 6.79 Å². The molecule has 1 aromatic rings. The summed E-state index contributed by atoms with van der Waals surface area (Å²) in [5.41, 5.74) is 1.57. The topological polar surface area (TPSA) is 44.8 Å². The largest absolute Gasteiger partial charge is 0.492 e. The van der Waals surface area contributed by atoms with E-state index in [0.717, 1.165) is 17.6 Å². The molecule has 0 radical (unpaired) electrons. The van der Waals surface area contributed by atoms with Gasteiger partial charge in [0.25, 0.3) is 0 Å². The molecule has 1 aromatic carbocycles. The lowest BCUT2D eigenvalue weighted by Crippen LogP contribution is -2.03. The Morgan fingerprint density at radius 2 is 2.38 bits per heavy atom. The molecule has 0 fully saturated rings. The lowest BCUT2D eigenvalue weighted by Gasteiger charge is -2.11. The van der Waals surface area contributed by atoms with Gasteiger partial charge in [-0.15, -0.1) is 0 Å². The van der Waals surface area contributed by atoms with Crippen molar-refractivity contribution in [2.45, 2.75) is 12.8 Å². The molecule has 0 aliphatic carbocycles. The number of hydrogen-bond donors (Lipinski definition) is 0. The van der Waals surface area contributed by atoms with Gasteiger partial charge in [-0.25, -0.2) is 0 Å². The molecule has 4 heteroatoms. The van der Waals surface area contributed by atoms with Gasteiger partial charge in [-0.2, -0.15) is 0 Å². The highest BCUT2D eigenvalue weighted by Crippen LogP contribution is 2.41. The maximum Gasteiger partial charge on any atom is 0.188 e. The van der Waals surface area contributed by atoms with Crippen LogP contribution in [0.5, 0.6) is 11.5 Å². The van der Waals surface area contributed by atoms with Gasteiger partial charge >= 0.3 is 0 Å². The number of rotatable bonds is 4. The fourth-order valence-electron chi connectivity index (χ4n) is 1.83. The maximum absolute atomic E-state index is 10.8. The van der Waals surface area contributed by atoms with E-state index < -0.39 is 0 Å². The summed E-state index contributed by atoms with van der Waals surface area (Å²) in [5, 5.41) is 0. The zero-order valence-electron chi connectivity index (χ0n) is 9.36. The number of aldehydes is 1. The molecule has 2 rings (SSSR count). The van der Waals surface area contributed by atoms with E-state index in [2.05, 4.69) is 6.92 Å². The molecular weight excluding hydrogens is 208 g/mol. The van der Waals surface area contributed by atoms with E-state index in [1.165, 1.54) is 0 Å². The van der Waals surface area contributed by atoms with E-state index in [-0.39, 0.29) is 12.7 Å². The molecule has 1 unspecified atom stereocenters. The highest BCUT2D eigenvalue weighted by atomic mass is 16.7. The van der Waals surface area contributed by atoms with Gasteiger partial charge in [0, 0.05) is 24.2 Å². The molecule has 0 bridgehead atoms. The van der Waals surface area contributed by atoms with Gasteiger partial charge < -0.3 is 14.2 Å². The highest BCUT2D eigenvalue weighted by Gasteiger charge is 2.25. The summed E-state index contributed by atoms with van der Waals surface area (Å²) in [6.45, 7) is 2.86. The number of hydrogen-bond acceptors (Lipinski definition) is 4. The summed E-state index contributed by atoms with van der Waals surface area (Å²) < 4.78 is 15.8. The van der Waals surface area contributed by atoms with E-state index >= 15 is 0 Å². The standard InChI is InChI=1S/C12H14O4/c1-8-6-15-10-3-9(5-13)4-11(12(8)10)16-7-14-2/h3-5,8H,6-7H2,1-2H3. The van der Waals surface area contributed by atoms with Crippen molar-refractivity contribution in [3.05, 3.63) is 23.3 Å². The second-order valence-corrected chi connectivity index (χ2v) is 3.81. The number of ether oxygens (including phenoxy) is 3. The zero-order valence-corrected chi connectivity index (χ0v) is 9.36. The molecule has 1 aliphatic rings. The van der Waals surface area contributed by atoms with Gasteiger partial charge in [-0.3, -0.25) is 4.79 Å². The SMILES string of the molecule is COCOc1cc(C=O)cc2c1C(C)CO2. The average Bonchev–Trinajstić information content (AvgIpc) is 2.68. The van der Waals surface area contributed by atoms with E-state index in [1.807, 2.05) is 0 Å². The van der Waals surface area contributed by atoms with Gasteiger partial charge in [0.1, 0.15) is 17.8 Å². The molecule has 1 atom stereocenters. The molecule has 86 valence electrons. The normalized spacial score (nSPS) is 17.8. The van der Waals surface area contributed by atoms with Crippen LogP contribution in [0.2, 0.25) is 0 Å². The highest BCUT2D eigenvalue weighted by molar-refractivity contribution is 5.78. The second kappa shape index (κ2) is 4.53. The quantitative estimate of drug-likeness (QED) is 0.577. The third kappa shape index (κ3) is 1.88. The summed E-state index contributed by atoms with van der Waals surface area (Å²) >= 11 is 0. The molecule has 0 amide bonds. The van der Waals surface area contributed by atoms with Crippen molar-refractivity contribution in [2.75, 3.05) is 20.5 Å². The molecule has 0 spiro atoms. The van der Waals surface area contributed by atoms with Crippen molar-refractivity contribution in [3.8, 4) is 11.5 Å². The minimum absolute atomic E-state index is 0.168. The Morgan fingerprint density at radius 1 is 1.56 bits per heavy atom. The fourth-order valence-corrected chi connectivity index (χ4v) is 1.83. The molecule has 1 aliphatic heterocycles. The van der Waals surface area contributed by atoms with Crippen molar-refractivity contribution in [1.82, 2.24) is 0 Å². The van der Waals surface area contributed by atoms with Crippen LogP contribution in [-0.4, -0.2) is 26.8 Å². The minimum atomic E-state index is 0.168. The van der Waals surface area contributed by atoms with E-state index in [0.29, 0.717) is 17.9 Å². The summed E-state index contributed by atoms with van der Waals surface area (Å²) in [4.78, 5) is 10.8. The average molecular weight is 222 g/mol. The Kier molecular flexibility index (Phi) is 3.10. The first-order valence-corrected chi connectivity index (χ1v) is 5.14. The molecule has 4 nitrogen and oxygen atoms in total. The van der Waals surface area contributed by atoms with Crippen molar-refractivity contribution >= 4 is 6.29 Å². The van der Waals surface area contributed by atoms with Gasteiger partial charge in [-0.05, 0) is 12.1 Å². The summed E-state index contributed by atoms with van der Waals surface area (Å²) in [7, 11) is 1.56. The van der Waals surface area contributed by atoms with Gasteiger partial charge in [0.05, 0.1) is 6.61 Å². The molecule has 0 aromatic heterocycles. The van der Waals surface area contributed by atoms with Crippen LogP contribution in [0.1, 0.15) is 28.8 Å². The zero-order chi connectivity index (χ0) is 11.5. The van der Waals surface area contributed by atoms with E-state index in [4.69, 9.17) is 14.2 Å². The molecule has 16 heavy (non-hydrogen) atoms. The Hall–Kier alpha value is -1.55. The number of benzene rings is 1. The van der Waals surface area contributed by atoms with Crippen LogP contribution >= 0.6 is 0 Å². The van der Waals surface area contributed by atoms with Gasteiger partial charge in [-0.1, -0.05) is 6.92 Å². The summed E-state index contributed by atoms with van der Waals surface area (Å²) in [6.07, 6.45) is 0.784. The molecular formula is C12H14O4. The Balaban J connectivity index is 2.40. The lowest BCUT2D eigenvalue weighted by molar-refractivity contribution is 0.0503. The smallest absolute Gasteiger partial charge is 0.188 e. The molecule has 0 saturated heterocycles. The monoisotopic (exact) mass is 222 g/mol. The third-order valence-corrected chi connectivity index (χ3v) is 2.58. The Labute approximate surface area is 94.1 Å². The van der Waals surface area contributed by atoms with Crippen molar-refractivity contribution in [2.24, 2.45) is 0 Å². The number of fused-ring (bicyclic) bond motifs is 1. The third-order valence-electron chi connectivity index (χ3n) is 2.58. The Morgan fingerprint density at radius 3 is 3.06 bits per heavy atom. The van der Waals surface area contributed by atoms with Crippen LogP contribution < -0.4 is 9.47 Å². The first-order chi connectivity index (χ1) is 7.76. The van der Waals surface area contributed by atoms with Crippen molar-refractivity contribution < 1.29 is 19.0 Å². The molecule has 0 saturated carbocycles. The maximum atomic E-state index is 10.8. The van der Waals surface area contributed by atoms with E-state index in [1.54, 1.807) is 19.2 Å². The fraction of sp³-hybridized carbons (Fsp3) is 0.417. The minimum Gasteiger partial charge on any atom is -0.492 e.